The van der Waals surface area contributed by atoms with Crippen LogP contribution in [-0.4, -0.2) is 36.2 Å². The SMILES string of the molecule is O=C(Nc1nc2c(s1)CCCC2)[C@H]1CCCN1S(=O)(=O)c1ccc(Cl)s1. The molecule has 2 aliphatic rings. The van der Waals surface area contributed by atoms with E-state index in [9.17, 15) is 13.2 Å². The fraction of sp³-hybridized carbons (Fsp3) is 0.500. The monoisotopic (exact) mass is 431 g/mol. The molecule has 1 aliphatic carbocycles. The molecule has 1 saturated heterocycles. The first kappa shape index (κ1) is 18.4. The van der Waals surface area contributed by atoms with Gasteiger partial charge < -0.3 is 5.32 Å². The van der Waals surface area contributed by atoms with Crippen molar-refractivity contribution in [2.45, 2.75) is 48.8 Å². The number of hydrogen-bond acceptors (Lipinski definition) is 6. The summed E-state index contributed by atoms with van der Waals surface area (Å²) in [4.78, 5) is 18.5. The Balaban J connectivity index is 1.52. The van der Waals surface area contributed by atoms with Crippen LogP contribution >= 0.6 is 34.3 Å². The zero-order chi connectivity index (χ0) is 18.3. The van der Waals surface area contributed by atoms with Crippen molar-refractivity contribution in [1.29, 1.82) is 0 Å². The maximum atomic E-state index is 12.9. The van der Waals surface area contributed by atoms with Gasteiger partial charge in [-0.1, -0.05) is 11.6 Å². The lowest BCUT2D eigenvalue weighted by Crippen LogP contribution is -2.42. The third kappa shape index (κ3) is 3.43. The van der Waals surface area contributed by atoms with E-state index in [2.05, 4.69) is 10.3 Å². The summed E-state index contributed by atoms with van der Waals surface area (Å²) in [5.41, 5.74) is 1.07. The van der Waals surface area contributed by atoms with Crippen molar-refractivity contribution in [3.8, 4) is 0 Å². The van der Waals surface area contributed by atoms with E-state index in [1.807, 2.05) is 0 Å². The number of anilines is 1. The lowest BCUT2D eigenvalue weighted by Gasteiger charge is -2.22. The molecule has 140 valence electrons. The van der Waals surface area contributed by atoms with Gasteiger partial charge in [0.15, 0.2) is 5.13 Å². The van der Waals surface area contributed by atoms with Crippen molar-refractivity contribution in [2.75, 3.05) is 11.9 Å². The molecule has 4 rings (SSSR count). The van der Waals surface area contributed by atoms with Crippen LogP contribution in [0, 0.1) is 0 Å². The summed E-state index contributed by atoms with van der Waals surface area (Å²) in [5.74, 6) is -0.306. The number of aromatic nitrogens is 1. The average Bonchev–Trinajstić information content (AvgIpc) is 3.33. The van der Waals surface area contributed by atoms with Crippen LogP contribution in [-0.2, 0) is 27.7 Å². The largest absolute Gasteiger partial charge is 0.301 e. The molecule has 3 heterocycles. The molecule has 2 aromatic rings. The number of nitrogens with zero attached hydrogens (tertiary/aromatic N) is 2. The Morgan fingerprint density at radius 1 is 1.23 bits per heavy atom. The number of thiophene rings is 1. The molecule has 0 radical (unpaired) electrons. The minimum atomic E-state index is -3.72. The van der Waals surface area contributed by atoms with E-state index in [0.717, 1.165) is 42.7 Å². The number of rotatable bonds is 4. The van der Waals surface area contributed by atoms with Crippen LogP contribution in [0.15, 0.2) is 16.3 Å². The Morgan fingerprint density at radius 3 is 2.77 bits per heavy atom. The number of aryl methyl sites for hydroxylation is 2. The van der Waals surface area contributed by atoms with Gasteiger partial charge in [0.05, 0.1) is 10.0 Å². The second-order valence-corrected chi connectivity index (χ2v) is 11.3. The number of hydrogen-bond donors (Lipinski definition) is 1. The number of amides is 1. The first-order valence-corrected chi connectivity index (χ1v) is 12.0. The molecule has 2 aromatic heterocycles. The van der Waals surface area contributed by atoms with Crippen molar-refractivity contribution in [1.82, 2.24) is 9.29 Å². The van der Waals surface area contributed by atoms with E-state index < -0.39 is 16.1 Å². The van der Waals surface area contributed by atoms with Crippen molar-refractivity contribution < 1.29 is 13.2 Å². The van der Waals surface area contributed by atoms with Gasteiger partial charge in [0.25, 0.3) is 10.0 Å². The summed E-state index contributed by atoms with van der Waals surface area (Å²) >= 11 is 8.39. The standard InChI is InChI=1S/C16H18ClN3O3S3/c17-13-7-8-14(25-13)26(22,23)20-9-3-5-11(20)15(21)19-16-18-10-4-1-2-6-12(10)24-16/h7-8,11H,1-6,9H2,(H,18,19,21)/t11-/m1/s1. The van der Waals surface area contributed by atoms with Gasteiger partial charge in [0, 0.05) is 11.4 Å². The van der Waals surface area contributed by atoms with E-state index >= 15 is 0 Å². The number of sulfonamides is 1. The Kier molecular flexibility index (Phi) is 5.08. The Morgan fingerprint density at radius 2 is 2.04 bits per heavy atom. The number of carbonyl (C=O) groups is 1. The summed E-state index contributed by atoms with van der Waals surface area (Å²) in [5, 5.41) is 3.41. The molecule has 10 heteroatoms. The normalized spacial score (nSPS) is 20.9. The summed E-state index contributed by atoms with van der Waals surface area (Å²) in [6.07, 6.45) is 5.40. The number of thiazole rings is 1. The lowest BCUT2D eigenvalue weighted by atomic mass is 10.0. The Bertz CT molecular complexity index is 914. The van der Waals surface area contributed by atoms with Gasteiger partial charge in [-0.15, -0.1) is 22.7 Å². The second kappa shape index (κ2) is 7.20. The molecular formula is C16H18ClN3O3S3. The highest BCUT2D eigenvalue weighted by molar-refractivity contribution is 7.91. The molecule has 0 unspecified atom stereocenters. The summed E-state index contributed by atoms with van der Waals surface area (Å²) in [6.45, 7) is 0.338. The highest BCUT2D eigenvalue weighted by Crippen LogP contribution is 2.33. The van der Waals surface area contributed by atoms with E-state index in [-0.39, 0.29) is 10.1 Å². The van der Waals surface area contributed by atoms with Gasteiger partial charge in [-0.3, -0.25) is 4.79 Å². The van der Waals surface area contributed by atoms with E-state index in [1.54, 1.807) is 6.07 Å². The molecular weight excluding hydrogens is 414 g/mol. The molecule has 1 amide bonds. The van der Waals surface area contributed by atoms with Crippen molar-refractivity contribution in [3.63, 3.8) is 0 Å². The summed E-state index contributed by atoms with van der Waals surface area (Å²) in [6, 6.07) is 2.34. The van der Waals surface area contributed by atoms with Crippen LogP contribution in [0.4, 0.5) is 5.13 Å². The van der Waals surface area contributed by atoms with Crippen LogP contribution < -0.4 is 5.32 Å². The highest BCUT2D eigenvalue weighted by atomic mass is 35.5. The molecule has 0 saturated carbocycles. The predicted molar refractivity (Wildman–Crippen MR) is 104 cm³/mol. The Labute approximate surface area is 165 Å². The number of fused-ring (bicyclic) bond motifs is 1. The van der Waals surface area contributed by atoms with Crippen LogP contribution in [0.1, 0.15) is 36.3 Å². The smallest absolute Gasteiger partial charge is 0.253 e. The maximum Gasteiger partial charge on any atom is 0.253 e. The molecule has 26 heavy (non-hydrogen) atoms. The topological polar surface area (TPSA) is 79.4 Å². The molecule has 6 nitrogen and oxygen atoms in total. The molecule has 1 aliphatic heterocycles. The van der Waals surface area contributed by atoms with E-state index in [4.69, 9.17) is 11.6 Å². The zero-order valence-electron chi connectivity index (χ0n) is 13.9. The third-order valence-corrected chi connectivity index (χ3v) is 9.37. The van der Waals surface area contributed by atoms with Crippen molar-refractivity contribution >= 4 is 55.3 Å². The van der Waals surface area contributed by atoms with Crippen molar-refractivity contribution in [3.05, 3.63) is 27.0 Å². The molecule has 0 spiro atoms. The van der Waals surface area contributed by atoms with Gasteiger partial charge in [-0.25, -0.2) is 13.4 Å². The molecule has 1 atom stereocenters. The second-order valence-electron chi connectivity index (χ2n) is 6.42. The molecule has 1 fully saturated rings. The van der Waals surface area contributed by atoms with Crippen LogP contribution in [0.25, 0.3) is 0 Å². The van der Waals surface area contributed by atoms with E-state index in [0.29, 0.717) is 28.9 Å². The van der Waals surface area contributed by atoms with Gasteiger partial charge >= 0.3 is 0 Å². The summed E-state index contributed by atoms with van der Waals surface area (Å²) < 4.78 is 27.6. The molecule has 0 bridgehead atoms. The van der Waals surface area contributed by atoms with Crippen LogP contribution in [0.2, 0.25) is 4.34 Å². The fourth-order valence-corrected chi connectivity index (χ4v) is 7.76. The average molecular weight is 432 g/mol. The third-order valence-electron chi connectivity index (χ3n) is 4.69. The first-order chi connectivity index (χ1) is 12.4. The minimum absolute atomic E-state index is 0.173. The first-order valence-electron chi connectivity index (χ1n) is 8.52. The summed E-state index contributed by atoms with van der Waals surface area (Å²) in [7, 11) is -3.72. The fourth-order valence-electron chi connectivity index (χ4n) is 3.44. The number of halogens is 1. The highest BCUT2D eigenvalue weighted by Gasteiger charge is 2.40. The Hall–Kier alpha value is -1.000. The minimum Gasteiger partial charge on any atom is -0.301 e. The predicted octanol–water partition coefficient (Wildman–Crippen LogP) is 3.53. The maximum absolute atomic E-state index is 12.9. The van der Waals surface area contributed by atoms with Gasteiger partial charge in [-0.05, 0) is 50.7 Å². The van der Waals surface area contributed by atoms with Gasteiger partial charge in [0.2, 0.25) is 5.91 Å². The molecule has 0 aromatic carbocycles. The number of carbonyl (C=O) groups excluding carboxylic acids is 1. The van der Waals surface area contributed by atoms with Crippen molar-refractivity contribution in [2.24, 2.45) is 0 Å². The lowest BCUT2D eigenvalue weighted by molar-refractivity contribution is -0.119. The quantitative estimate of drug-likeness (QED) is 0.803. The zero-order valence-corrected chi connectivity index (χ0v) is 17.1. The van der Waals surface area contributed by atoms with Gasteiger partial charge in [0.1, 0.15) is 10.3 Å². The molecule has 1 N–H and O–H groups in total. The van der Waals surface area contributed by atoms with Crippen LogP contribution in [0.5, 0.6) is 0 Å². The number of nitrogens with one attached hydrogen (secondary N) is 1. The van der Waals surface area contributed by atoms with Gasteiger partial charge in [-0.2, -0.15) is 4.31 Å². The van der Waals surface area contributed by atoms with E-state index in [1.165, 1.54) is 26.6 Å². The van der Waals surface area contributed by atoms with Crippen LogP contribution in [0.3, 0.4) is 0 Å².